The van der Waals surface area contributed by atoms with Crippen LogP contribution in [0.5, 0.6) is 0 Å². The first-order valence-corrected chi connectivity index (χ1v) is 11.4. The predicted octanol–water partition coefficient (Wildman–Crippen LogP) is 3.88. The van der Waals surface area contributed by atoms with E-state index in [1.807, 2.05) is 4.90 Å². The average molecular weight is 422 g/mol. The minimum Gasteiger partial charge on any atom is -0.351 e. The molecule has 1 aliphatic rings. The van der Waals surface area contributed by atoms with E-state index >= 15 is 0 Å². The summed E-state index contributed by atoms with van der Waals surface area (Å²) in [6.07, 6.45) is 5.16. The van der Waals surface area contributed by atoms with E-state index in [4.69, 9.17) is 5.73 Å². The monoisotopic (exact) mass is 421 g/mol. The fourth-order valence-corrected chi connectivity index (χ4v) is 4.40. The Kier molecular flexibility index (Phi) is 7.72. The van der Waals surface area contributed by atoms with E-state index in [0.29, 0.717) is 13.0 Å². The van der Waals surface area contributed by atoms with E-state index in [-0.39, 0.29) is 5.91 Å². The molecule has 2 aromatic rings. The van der Waals surface area contributed by atoms with Gasteiger partial charge in [0.05, 0.1) is 0 Å². The molecule has 5 heteroatoms. The average Bonchev–Trinajstić information content (AvgIpc) is 2.99. The van der Waals surface area contributed by atoms with Gasteiger partial charge in [-0.3, -0.25) is 4.79 Å². The van der Waals surface area contributed by atoms with Crippen LogP contribution in [0.3, 0.4) is 0 Å². The molecule has 0 unspecified atom stereocenters. The van der Waals surface area contributed by atoms with Crippen LogP contribution in [-0.2, 0) is 43.4 Å². The topological polar surface area (TPSA) is 66.6 Å². The molecule has 2 N–H and O–H groups in total. The van der Waals surface area contributed by atoms with Gasteiger partial charge in [-0.15, -0.1) is 0 Å². The third kappa shape index (κ3) is 5.87. The summed E-state index contributed by atoms with van der Waals surface area (Å²) in [6.45, 7) is 6.39. The Labute approximate surface area is 186 Å². The van der Waals surface area contributed by atoms with Gasteiger partial charge in [0.15, 0.2) is 0 Å². The maximum Gasteiger partial charge on any atom is 0.314 e. The molecule has 0 radical (unpaired) electrons. The molecule has 0 aliphatic carbocycles. The number of primary amides is 1. The van der Waals surface area contributed by atoms with E-state index < -0.39 is 6.03 Å². The molecule has 0 spiro atoms. The quantitative estimate of drug-likeness (QED) is 0.737. The Morgan fingerprint density at radius 3 is 2.29 bits per heavy atom. The molecule has 2 aromatic carbocycles. The summed E-state index contributed by atoms with van der Waals surface area (Å²) >= 11 is 0. The van der Waals surface area contributed by atoms with Gasteiger partial charge in [0.2, 0.25) is 5.91 Å². The normalized spacial score (nSPS) is 13.5. The molecular weight excluding hydrogens is 386 g/mol. The fraction of sp³-hybridized carbons (Fsp3) is 0.462. The van der Waals surface area contributed by atoms with Crippen molar-refractivity contribution in [2.75, 3.05) is 20.1 Å². The van der Waals surface area contributed by atoms with Crippen molar-refractivity contribution in [2.24, 2.45) is 5.73 Å². The van der Waals surface area contributed by atoms with Crippen LogP contribution in [-0.4, -0.2) is 41.9 Å². The molecule has 0 saturated carbocycles. The molecule has 0 atom stereocenters. The third-order valence-corrected chi connectivity index (χ3v) is 6.38. The van der Waals surface area contributed by atoms with Gasteiger partial charge in [-0.2, -0.15) is 0 Å². The summed E-state index contributed by atoms with van der Waals surface area (Å²) in [5.74, 6) is 0.235. The van der Waals surface area contributed by atoms with Crippen LogP contribution < -0.4 is 5.73 Å². The standard InChI is InChI=1S/C26H35N3O2/c1-4-21-9-6-19(16-22(21)5-2)8-11-25(30)29-14-12-23-10-7-20(17-24(23)13-15-29)18-28(3)26(27)31/h6-7,9-10,16-17H,4-5,8,11-15,18H2,1-3H3,(H2,27,31). The summed E-state index contributed by atoms with van der Waals surface area (Å²) in [5.41, 5.74) is 13.0. The van der Waals surface area contributed by atoms with Gasteiger partial charge in [-0.05, 0) is 65.5 Å². The summed E-state index contributed by atoms with van der Waals surface area (Å²) in [4.78, 5) is 27.7. The second kappa shape index (κ2) is 10.5. The highest BCUT2D eigenvalue weighted by Gasteiger charge is 2.19. The first kappa shape index (κ1) is 22.9. The number of carbonyl (C=O) groups is 2. The van der Waals surface area contributed by atoms with Gasteiger partial charge in [0, 0.05) is 33.1 Å². The SMILES string of the molecule is CCc1ccc(CCC(=O)N2CCc3ccc(CN(C)C(N)=O)cc3CC2)cc1CC. The van der Waals surface area contributed by atoms with Gasteiger partial charge < -0.3 is 15.5 Å². The van der Waals surface area contributed by atoms with Crippen LogP contribution in [0.25, 0.3) is 0 Å². The number of benzene rings is 2. The number of urea groups is 1. The van der Waals surface area contributed by atoms with Crippen molar-refractivity contribution in [1.29, 1.82) is 0 Å². The Balaban J connectivity index is 1.58. The maximum atomic E-state index is 12.9. The smallest absolute Gasteiger partial charge is 0.314 e. The summed E-state index contributed by atoms with van der Waals surface area (Å²) in [5, 5.41) is 0. The second-order valence-corrected chi connectivity index (χ2v) is 8.49. The fourth-order valence-electron chi connectivity index (χ4n) is 4.40. The zero-order chi connectivity index (χ0) is 22.4. The third-order valence-electron chi connectivity index (χ3n) is 6.38. The zero-order valence-corrected chi connectivity index (χ0v) is 19.1. The van der Waals surface area contributed by atoms with Crippen LogP contribution in [0.4, 0.5) is 4.79 Å². The zero-order valence-electron chi connectivity index (χ0n) is 19.1. The van der Waals surface area contributed by atoms with Crippen molar-refractivity contribution < 1.29 is 9.59 Å². The Hall–Kier alpha value is -2.82. The van der Waals surface area contributed by atoms with E-state index in [1.54, 1.807) is 7.05 Å². The first-order valence-electron chi connectivity index (χ1n) is 11.4. The lowest BCUT2D eigenvalue weighted by atomic mass is 9.98. The highest BCUT2D eigenvalue weighted by molar-refractivity contribution is 5.76. The van der Waals surface area contributed by atoms with Crippen LogP contribution in [0.1, 0.15) is 53.6 Å². The van der Waals surface area contributed by atoms with Crippen molar-refractivity contribution in [1.82, 2.24) is 9.80 Å². The summed E-state index contributed by atoms with van der Waals surface area (Å²) in [6, 6.07) is 12.6. The predicted molar refractivity (Wildman–Crippen MR) is 125 cm³/mol. The van der Waals surface area contributed by atoms with Gasteiger partial charge in [-0.1, -0.05) is 50.2 Å². The number of fused-ring (bicyclic) bond motifs is 1. The van der Waals surface area contributed by atoms with Crippen LogP contribution >= 0.6 is 0 Å². The highest BCUT2D eigenvalue weighted by Crippen LogP contribution is 2.20. The van der Waals surface area contributed by atoms with Gasteiger partial charge in [-0.25, -0.2) is 4.79 Å². The number of hydrogen-bond acceptors (Lipinski definition) is 2. The van der Waals surface area contributed by atoms with Crippen molar-refractivity contribution in [3.63, 3.8) is 0 Å². The molecule has 0 saturated heterocycles. The molecule has 1 aliphatic heterocycles. The van der Waals surface area contributed by atoms with Crippen molar-refractivity contribution >= 4 is 11.9 Å². The van der Waals surface area contributed by atoms with Gasteiger partial charge >= 0.3 is 6.03 Å². The maximum absolute atomic E-state index is 12.9. The Bertz CT molecular complexity index is 938. The molecule has 3 rings (SSSR count). The minimum atomic E-state index is -0.429. The Morgan fingerprint density at radius 1 is 0.935 bits per heavy atom. The largest absolute Gasteiger partial charge is 0.351 e. The van der Waals surface area contributed by atoms with Crippen molar-refractivity contribution in [2.45, 2.75) is 58.9 Å². The number of aryl methyl sites for hydroxylation is 3. The van der Waals surface area contributed by atoms with Gasteiger partial charge in [0.25, 0.3) is 0 Å². The lowest BCUT2D eigenvalue weighted by molar-refractivity contribution is -0.131. The highest BCUT2D eigenvalue weighted by atomic mass is 16.2. The molecule has 5 nitrogen and oxygen atoms in total. The number of nitrogens with two attached hydrogens (primary N) is 1. The van der Waals surface area contributed by atoms with E-state index in [0.717, 1.165) is 50.8 Å². The molecule has 0 bridgehead atoms. The first-order chi connectivity index (χ1) is 14.9. The number of amides is 3. The molecule has 0 aromatic heterocycles. The number of nitrogens with zero attached hydrogens (tertiary/aromatic N) is 2. The molecule has 166 valence electrons. The lowest BCUT2D eigenvalue weighted by Crippen LogP contribution is -2.33. The van der Waals surface area contributed by atoms with E-state index in [1.165, 1.54) is 32.7 Å². The Morgan fingerprint density at radius 2 is 1.61 bits per heavy atom. The van der Waals surface area contributed by atoms with Crippen LogP contribution in [0.15, 0.2) is 36.4 Å². The lowest BCUT2D eigenvalue weighted by Gasteiger charge is -2.20. The van der Waals surface area contributed by atoms with Crippen LogP contribution in [0, 0.1) is 0 Å². The van der Waals surface area contributed by atoms with E-state index in [9.17, 15) is 9.59 Å². The minimum absolute atomic E-state index is 0.235. The number of carbonyl (C=O) groups excluding carboxylic acids is 2. The summed E-state index contributed by atoms with van der Waals surface area (Å²) < 4.78 is 0. The van der Waals surface area contributed by atoms with Crippen molar-refractivity contribution in [3.05, 3.63) is 69.8 Å². The molecule has 1 heterocycles. The molecular formula is C26H35N3O2. The summed E-state index contributed by atoms with van der Waals surface area (Å²) in [7, 11) is 1.70. The second-order valence-electron chi connectivity index (χ2n) is 8.49. The van der Waals surface area contributed by atoms with Gasteiger partial charge in [0.1, 0.15) is 0 Å². The van der Waals surface area contributed by atoms with Crippen LogP contribution in [0.2, 0.25) is 0 Å². The number of hydrogen-bond donors (Lipinski definition) is 1. The molecule has 31 heavy (non-hydrogen) atoms. The van der Waals surface area contributed by atoms with Crippen molar-refractivity contribution in [3.8, 4) is 0 Å². The molecule has 3 amide bonds. The molecule has 0 fully saturated rings. The number of rotatable bonds is 7. The van der Waals surface area contributed by atoms with E-state index in [2.05, 4.69) is 50.2 Å².